The lowest BCUT2D eigenvalue weighted by Gasteiger charge is -2.08. The predicted molar refractivity (Wildman–Crippen MR) is 75.0 cm³/mol. The number of aryl methyl sites for hydroxylation is 1. The minimum absolute atomic E-state index is 0.0505. The van der Waals surface area contributed by atoms with Crippen molar-refractivity contribution in [3.05, 3.63) is 41.5 Å². The van der Waals surface area contributed by atoms with Gasteiger partial charge in [-0.25, -0.2) is 0 Å². The Morgan fingerprint density at radius 1 is 1.11 bits per heavy atom. The maximum atomic E-state index is 11.7. The van der Waals surface area contributed by atoms with Crippen molar-refractivity contribution >= 4 is 11.4 Å². The minimum Gasteiger partial charge on any atom is -0.295 e. The molecule has 1 aromatic rings. The van der Waals surface area contributed by atoms with Gasteiger partial charge in [-0.05, 0) is 44.4 Å². The summed E-state index contributed by atoms with van der Waals surface area (Å²) < 4.78 is 0. The maximum Gasteiger partial charge on any atom is 0.157 e. The SMILES string of the molecule is CC(C)(C)C#CC1=CC(=O)CCc2ccccc21. The van der Waals surface area contributed by atoms with Crippen LogP contribution in [0, 0.1) is 17.3 Å². The Kier molecular flexibility index (Phi) is 3.39. The van der Waals surface area contributed by atoms with E-state index in [0.717, 1.165) is 17.6 Å². The van der Waals surface area contributed by atoms with Crippen LogP contribution in [0.4, 0.5) is 0 Å². The number of hydrogen-bond donors (Lipinski definition) is 0. The molecule has 0 unspecified atom stereocenters. The van der Waals surface area contributed by atoms with Gasteiger partial charge in [0.25, 0.3) is 0 Å². The summed E-state index contributed by atoms with van der Waals surface area (Å²) in [5.41, 5.74) is 3.14. The zero-order valence-electron chi connectivity index (χ0n) is 11.2. The summed E-state index contributed by atoms with van der Waals surface area (Å²) in [6, 6.07) is 8.16. The van der Waals surface area contributed by atoms with Crippen molar-refractivity contribution in [2.45, 2.75) is 33.6 Å². The summed E-state index contributed by atoms with van der Waals surface area (Å²) in [4.78, 5) is 11.7. The lowest BCUT2D eigenvalue weighted by Crippen LogP contribution is -1.99. The Bertz CT molecular complexity index is 559. The van der Waals surface area contributed by atoms with Crippen molar-refractivity contribution in [2.24, 2.45) is 5.41 Å². The summed E-state index contributed by atoms with van der Waals surface area (Å²) in [6.45, 7) is 6.22. The number of carbonyl (C=O) groups excluding carboxylic acids is 1. The number of benzene rings is 1. The lowest BCUT2D eigenvalue weighted by atomic mass is 9.95. The zero-order valence-corrected chi connectivity index (χ0v) is 11.2. The fourth-order valence-corrected chi connectivity index (χ4v) is 1.93. The highest BCUT2D eigenvalue weighted by Crippen LogP contribution is 2.24. The van der Waals surface area contributed by atoms with E-state index in [1.165, 1.54) is 5.56 Å². The van der Waals surface area contributed by atoms with Gasteiger partial charge in [0.2, 0.25) is 0 Å². The fourth-order valence-electron chi connectivity index (χ4n) is 1.93. The summed E-state index contributed by atoms with van der Waals surface area (Å²) in [5, 5.41) is 0. The second-order valence-corrected chi connectivity index (χ2v) is 5.68. The molecule has 1 aliphatic carbocycles. The lowest BCUT2D eigenvalue weighted by molar-refractivity contribution is -0.114. The van der Waals surface area contributed by atoms with Gasteiger partial charge in [0.15, 0.2) is 5.78 Å². The average Bonchev–Trinajstić information content (AvgIpc) is 2.46. The standard InChI is InChI=1S/C17H18O/c1-17(2,3)11-10-14-12-15(18)9-8-13-6-4-5-7-16(13)14/h4-7,12H,8-9H2,1-3H3. The van der Waals surface area contributed by atoms with E-state index in [1.54, 1.807) is 6.08 Å². The average molecular weight is 238 g/mol. The van der Waals surface area contributed by atoms with Crippen molar-refractivity contribution in [1.82, 2.24) is 0 Å². The molecule has 18 heavy (non-hydrogen) atoms. The van der Waals surface area contributed by atoms with Gasteiger partial charge < -0.3 is 0 Å². The number of allylic oxidation sites excluding steroid dienone is 2. The molecule has 0 saturated carbocycles. The summed E-state index contributed by atoms with van der Waals surface area (Å²) in [5.74, 6) is 6.56. The highest BCUT2D eigenvalue weighted by molar-refractivity contribution is 6.02. The molecule has 0 fully saturated rings. The Morgan fingerprint density at radius 2 is 1.83 bits per heavy atom. The Labute approximate surface area is 109 Å². The molecule has 2 rings (SSSR count). The van der Waals surface area contributed by atoms with Crippen LogP contribution in [0.25, 0.3) is 5.57 Å². The number of carbonyl (C=O) groups is 1. The summed E-state index contributed by atoms with van der Waals surface area (Å²) in [6.07, 6.45) is 3.09. The van der Waals surface area contributed by atoms with Crippen molar-refractivity contribution in [2.75, 3.05) is 0 Å². The van der Waals surface area contributed by atoms with Crippen molar-refractivity contribution in [3.8, 4) is 11.8 Å². The predicted octanol–water partition coefficient (Wildman–Crippen LogP) is 3.63. The summed E-state index contributed by atoms with van der Waals surface area (Å²) in [7, 11) is 0. The molecule has 1 nitrogen and oxygen atoms in total. The van der Waals surface area contributed by atoms with Crippen LogP contribution in [0.2, 0.25) is 0 Å². The molecule has 0 saturated heterocycles. The molecule has 0 heterocycles. The van der Waals surface area contributed by atoms with Gasteiger partial charge in [0.1, 0.15) is 0 Å². The Hall–Kier alpha value is -1.81. The molecule has 92 valence electrons. The normalized spacial score (nSPS) is 15.1. The monoisotopic (exact) mass is 238 g/mol. The number of fused-ring (bicyclic) bond motifs is 1. The smallest absolute Gasteiger partial charge is 0.157 e. The Morgan fingerprint density at radius 3 is 2.56 bits per heavy atom. The van der Waals surface area contributed by atoms with Gasteiger partial charge in [-0.3, -0.25) is 4.79 Å². The third-order valence-corrected chi connectivity index (χ3v) is 2.83. The van der Waals surface area contributed by atoms with Crippen molar-refractivity contribution in [3.63, 3.8) is 0 Å². The van der Waals surface area contributed by atoms with E-state index in [2.05, 4.69) is 44.7 Å². The van der Waals surface area contributed by atoms with E-state index >= 15 is 0 Å². The van der Waals surface area contributed by atoms with Crippen molar-refractivity contribution < 1.29 is 4.79 Å². The van der Waals surface area contributed by atoms with Gasteiger partial charge in [-0.1, -0.05) is 36.1 Å². The molecule has 0 aliphatic heterocycles. The molecule has 0 aromatic heterocycles. The largest absolute Gasteiger partial charge is 0.295 e. The number of rotatable bonds is 0. The third-order valence-electron chi connectivity index (χ3n) is 2.83. The van der Waals surface area contributed by atoms with Gasteiger partial charge in [0, 0.05) is 17.4 Å². The second kappa shape index (κ2) is 4.82. The first kappa shape index (κ1) is 12.6. The molecular formula is C17H18O. The number of hydrogen-bond acceptors (Lipinski definition) is 1. The van der Waals surface area contributed by atoms with Gasteiger partial charge in [-0.15, -0.1) is 0 Å². The van der Waals surface area contributed by atoms with E-state index in [4.69, 9.17) is 0 Å². The number of ketones is 1. The molecule has 0 radical (unpaired) electrons. The topological polar surface area (TPSA) is 17.1 Å². The molecule has 0 amide bonds. The first-order chi connectivity index (χ1) is 8.46. The fraction of sp³-hybridized carbons (Fsp3) is 0.353. The second-order valence-electron chi connectivity index (χ2n) is 5.68. The first-order valence-corrected chi connectivity index (χ1v) is 6.32. The van der Waals surface area contributed by atoms with Crippen LogP contribution >= 0.6 is 0 Å². The van der Waals surface area contributed by atoms with Gasteiger partial charge in [-0.2, -0.15) is 0 Å². The molecule has 1 aromatic carbocycles. The first-order valence-electron chi connectivity index (χ1n) is 6.32. The van der Waals surface area contributed by atoms with Crippen LogP contribution in [0.1, 0.15) is 38.3 Å². The van der Waals surface area contributed by atoms with Crippen LogP contribution in [0.15, 0.2) is 30.3 Å². The minimum atomic E-state index is -0.0505. The molecule has 1 heteroatoms. The molecule has 0 spiro atoms. The molecule has 0 atom stereocenters. The molecular weight excluding hydrogens is 220 g/mol. The maximum absolute atomic E-state index is 11.7. The van der Waals surface area contributed by atoms with E-state index in [9.17, 15) is 4.79 Å². The van der Waals surface area contributed by atoms with Crippen molar-refractivity contribution in [1.29, 1.82) is 0 Å². The van der Waals surface area contributed by atoms with Crippen LogP contribution < -0.4 is 0 Å². The van der Waals surface area contributed by atoms with E-state index in [-0.39, 0.29) is 11.2 Å². The molecule has 0 bridgehead atoms. The van der Waals surface area contributed by atoms with Crippen LogP contribution in [-0.4, -0.2) is 5.78 Å². The molecule has 1 aliphatic rings. The third kappa shape index (κ3) is 3.11. The van der Waals surface area contributed by atoms with E-state index in [0.29, 0.717) is 6.42 Å². The van der Waals surface area contributed by atoms with Gasteiger partial charge in [0.05, 0.1) is 0 Å². The highest BCUT2D eigenvalue weighted by Gasteiger charge is 2.14. The van der Waals surface area contributed by atoms with E-state index < -0.39 is 0 Å². The quantitative estimate of drug-likeness (QED) is 0.631. The van der Waals surface area contributed by atoms with Crippen LogP contribution in [0.3, 0.4) is 0 Å². The van der Waals surface area contributed by atoms with E-state index in [1.807, 2.05) is 12.1 Å². The highest BCUT2D eigenvalue weighted by atomic mass is 16.1. The molecule has 0 N–H and O–H groups in total. The van der Waals surface area contributed by atoms with Crippen LogP contribution in [0.5, 0.6) is 0 Å². The Balaban J connectivity index is 2.49. The summed E-state index contributed by atoms with van der Waals surface area (Å²) >= 11 is 0. The zero-order chi connectivity index (χ0) is 13.2. The van der Waals surface area contributed by atoms with Gasteiger partial charge >= 0.3 is 0 Å². The van der Waals surface area contributed by atoms with Crippen LogP contribution in [-0.2, 0) is 11.2 Å².